The number of nitrogens with one attached hydrogen (secondary N) is 1. The zero-order valence-corrected chi connectivity index (χ0v) is 17.5. The van der Waals surface area contributed by atoms with Crippen molar-refractivity contribution in [1.29, 1.82) is 0 Å². The van der Waals surface area contributed by atoms with Crippen molar-refractivity contribution in [3.8, 4) is 0 Å². The highest BCUT2D eigenvalue weighted by atomic mass is 32.1. The fraction of sp³-hybridized carbons (Fsp3) is 0.364. The average molecular weight is 409 g/mol. The largest absolute Gasteiger partial charge is 0.289 e. The molecule has 4 rings (SSSR count). The van der Waals surface area contributed by atoms with Crippen molar-refractivity contribution in [1.82, 2.24) is 15.0 Å². The molecule has 1 atom stereocenters. The Bertz CT molecular complexity index is 1130. The number of thiophene rings is 1. The Hall–Kier alpha value is -2.80. The molecular formula is C22H24N4O2S. The minimum absolute atomic E-state index is 0.102. The van der Waals surface area contributed by atoms with E-state index in [1.54, 1.807) is 17.6 Å². The first kappa shape index (κ1) is 19.5. The molecule has 0 radical (unpaired) electrons. The summed E-state index contributed by atoms with van der Waals surface area (Å²) in [5.41, 5.74) is 5.63. The minimum Gasteiger partial charge on any atom is -0.289 e. The Labute approximate surface area is 173 Å². The molecule has 1 N–H and O–H groups in total. The predicted molar refractivity (Wildman–Crippen MR) is 117 cm³/mol. The Morgan fingerprint density at radius 2 is 2.17 bits per heavy atom. The van der Waals surface area contributed by atoms with Gasteiger partial charge in [-0.15, -0.1) is 11.3 Å². The normalized spacial score (nSPS) is 16.3. The number of aryl methyl sites for hydroxylation is 2. The second kappa shape index (κ2) is 8.29. The van der Waals surface area contributed by atoms with Crippen LogP contribution in [0.25, 0.3) is 10.2 Å². The van der Waals surface area contributed by atoms with Crippen LogP contribution in [0.4, 0.5) is 0 Å². The standard InChI is InChI=1S/C22H24N4O2S/c1-3-15-5-7-16(8-6-15)11-24-25-19(27)12-26-13-23-21-20(22(26)28)17-9-4-14(2)10-18(17)29-21/h5-8,11,13-14H,3-4,9-10,12H2,1-2H3,(H,25,27). The number of hydrogen-bond donors (Lipinski definition) is 1. The number of amides is 1. The van der Waals surface area contributed by atoms with Crippen molar-refractivity contribution < 1.29 is 4.79 Å². The molecule has 2 heterocycles. The summed E-state index contributed by atoms with van der Waals surface area (Å²) in [5, 5.41) is 4.68. The summed E-state index contributed by atoms with van der Waals surface area (Å²) in [7, 11) is 0. The smallest absolute Gasteiger partial charge is 0.262 e. The third kappa shape index (κ3) is 4.15. The summed E-state index contributed by atoms with van der Waals surface area (Å²) in [5.74, 6) is 0.284. The lowest BCUT2D eigenvalue weighted by molar-refractivity contribution is -0.121. The molecule has 0 aliphatic heterocycles. The summed E-state index contributed by atoms with van der Waals surface area (Å²) < 4.78 is 1.37. The van der Waals surface area contributed by atoms with E-state index in [4.69, 9.17) is 0 Å². The maximum Gasteiger partial charge on any atom is 0.262 e. The predicted octanol–water partition coefficient (Wildman–Crippen LogP) is 3.30. The van der Waals surface area contributed by atoms with Crippen LogP contribution in [0.15, 0.2) is 40.5 Å². The Morgan fingerprint density at radius 3 is 2.93 bits per heavy atom. The number of hydrazone groups is 1. The number of carbonyl (C=O) groups is 1. The first-order valence-corrected chi connectivity index (χ1v) is 10.8. The first-order valence-electron chi connectivity index (χ1n) is 9.95. The Morgan fingerprint density at radius 1 is 1.38 bits per heavy atom. The van der Waals surface area contributed by atoms with Gasteiger partial charge in [-0.25, -0.2) is 10.4 Å². The molecular weight excluding hydrogens is 384 g/mol. The number of carbonyl (C=O) groups excluding carboxylic acids is 1. The Kier molecular flexibility index (Phi) is 5.58. The van der Waals surface area contributed by atoms with E-state index in [1.165, 1.54) is 21.3 Å². The lowest BCUT2D eigenvalue weighted by atomic mass is 9.89. The van der Waals surface area contributed by atoms with Crippen LogP contribution < -0.4 is 11.0 Å². The van der Waals surface area contributed by atoms with Gasteiger partial charge in [-0.3, -0.25) is 14.2 Å². The summed E-state index contributed by atoms with van der Waals surface area (Å²) in [6.45, 7) is 4.24. The molecule has 0 saturated carbocycles. The molecule has 2 aromatic heterocycles. The first-order chi connectivity index (χ1) is 14.0. The van der Waals surface area contributed by atoms with E-state index in [0.29, 0.717) is 11.3 Å². The summed E-state index contributed by atoms with van der Waals surface area (Å²) in [6, 6.07) is 7.98. The van der Waals surface area contributed by atoms with Crippen molar-refractivity contribution in [2.75, 3.05) is 0 Å². The van der Waals surface area contributed by atoms with E-state index in [-0.39, 0.29) is 18.0 Å². The molecule has 1 amide bonds. The maximum absolute atomic E-state index is 12.9. The van der Waals surface area contributed by atoms with Gasteiger partial charge in [-0.2, -0.15) is 5.10 Å². The number of nitrogens with zero attached hydrogens (tertiary/aromatic N) is 3. The number of aromatic nitrogens is 2. The third-order valence-electron chi connectivity index (χ3n) is 5.39. The van der Waals surface area contributed by atoms with Gasteiger partial charge in [-0.1, -0.05) is 38.1 Å². The maximum atomic E-state index is 12.9. The zero-order valence-electron chi connectivity index (χ0n) is 16.6. The van der Waals surface area contributed by atoms with Crippen LogP contribution in [0.5, 0.6) is 0 Å². The van der Waals surface area contributed by atoms with Gasteiger partial charge in [0.15, 0.2) is 0 Å². The fourth-order valence-electron chi connectivity index (χ4n) is 3.69. The van der Waals surface area contributed by atoms with Gasteiger partial charge < -0.3 is 0 Å². The highest BCUT2D eigenvalue weighted by Gasteiger charge is 2.23. The zero-order chi connectivity index (χ0) is 20.4. The van der Waals surface area contributed by atoms with Crippen LogP contribution in [-0.4, -0.2) is 21.7 Å². The van der Waals surface area contributed by atoms with Crippen LogP contribution in [0.3, 0.4) is 0 Å². The van der Waals surface area contributed by atoms with Crippen molar-refractivity contribution in [3.05, 3.63) is 62.5 Å². The van der Waals surface area contributed by atoms with Gasteiger partial charge in [0.05, 0.1) is 17.9 Å². The topological polar surface area (TPSA) is 76.3 Å². The van der Waals surface area contributed by atoms with Crippen LogP contribution in [0, 0.1) is 5.92 Å². The van der Waals surface area contributed by atoms with E-state index >= 15 is 0 Å². The van der Waals surface area contributed by atoms with Gasteiger partial charge in [0.25, 0.3) is 11.5 Å². The van der Waals surface area contributed by atoms with Crippen molar-refractivity contribution >= 4 is 33.7 Å². The van der Waals surface area contributed by atoms with Crippen LogP contribution in [0.1, 0.15) is 41.8 Å². The lowest BCUT2D eigenvalue weighted by Gasteiger charge is -2.17. The molecule has 0 bridgehead atoms. The van der Waals surface area contributed by atoms with Crippen LogP contribution >= 0.6 is 11.3 Å². The molecule has 1 aliphatic rings. The summed E-state index contributed by atoms with van der Waals surface area (Å²) in [4.78, 5) is 31.7. The molecule has 3 aromatic rings. The average Bonchev–Trinajstić information content (AvgIpc) is 3.09. The molecule has 29 heavy (non-hydrogen) atoms. The number of hydrogen-bond acceptors (Lipinski definition) is 5. The second-order valence-electron chi connectivity index (χ2n) is 7.60. The van der Waals surface area contributed by atoms with Crippen molar-refractivity contribution in [3.63, 3.8) is 0 Å². The van der Waals surface area contributed by atoms with E-state index in [0.717, 1.165) is 41.6 Å². The molecule has 7 heteroatoms. The van der Waals surface area contributed by atoms with E-state index in [2.05, 4.69) is 29.4 Å². The van der Waals surface area contributed by atoms with Gasteiger partial charge in [-0.05, 0) is 48.3 Å². The summed E-state index contributed by atoms with van der Waals surface area (Å²) in [6.07, 6.45) is 7.03. The molecule has 1 aliphatic carbocycles. The molecule has 1 unspecified atom stereocenters. The second-order valence-corrected chi connectivity index (χ2v) is 8.68. The molecule has 150 valence electrons. The highest BCUT2D eigenvalue weighted by Crippen LogP contribution is 2.35. The SMILES string of the molecule is CCc1ccc(C=NNC(=O)Cn2cnc3sc4c(c3c2=O)CCC(C)C4)cc1. The van der Waals surface area contributed by atoms with Crippen LogP contribution in [0.2, 0.25) is 0 Å². The van der Waals surface area contributed by atoms with Crippen molar-refractivity contribution in [2.45, 2.75) is 46.1 Å². The van der Waals surface area contributed by atoms with E-state index in [9.17, 15) is 9.59 Å². The lowest BCUT2D eigenvalue weighted by Crippen LogP contribution is -2.30. The van der Waals surface area contributed by atoms with E-state index in [1.807, 2.05) is 24.3 Å². The number of rotatable bonds is 5. The molecule has 6 nitrogen and oxygen atoms in total. The molecule has 0 spiro atoms. The number of benzene rings is 1. The van der Waals surface area contributed by atoms with Gasteiger partial charge in [0, 0.05) is 4.88 Å². The van der Waals surface area contributed by atoms with Gasteiger partial charge >= 0.3 is 0 Å². The highest BCUT2D eigenvalue weighted by molar-refractivity contribution is 7.18. The molecule has 0 fully saturated rings. The van der Waals surface area contributed by atoms with Crippen LogP contribution in [-0.2, 0) is 30.6 Å². The summed E-state index contributed by atoms with van der Waals surface area (Å²) >= 11 is 1.61. The fourth-order valence-corrected chi connectivity index (χ4v) is 5.03. The monoisotopic (exact) mass is 408 g/mol. The molecule has 1 aromatic carbocycles. The Balaban J connectivity index is 1.47. The van der Waals surface area contributed by atoms with E-state index < -0.39 is 0 Å². The quantitative estimate of drug-likeness (QED) is 0.520. The third-order valence-corrected chi connectivity index (χ3v) is 6.55. The van der Waals surface area contributed by atoms with Gasteiger partial charge in [0.2, 0.25) is 0 Å². The molecule has 0 saturated heterocycles. The number of fused-ring (bicyclic) bond motifs is 3. The minimum atomic E-state index is -0.354. The van der Waals surface area contributed by atoms with Gasteiger partial charge in [0.1, 0.15) is 11.4 Å². The van der Waals surface area contributed by atoms with Crippen molar-refractivity contribution in [2.24, 2.45) is 11.0 Å².